The maximum atomic E-state index is 14.1. The van der Waals surface area contributed by atoms with Crippen LogP contribution in [0.3, 0.4) is 0 Å². The van der Waals surface area contributed by atoms with E-state index in [9.17, 15) is 18.4 Å². The van der Waals surface area contributed by atoms with E-state index < -0.39 is 23.3 Å². The molecule has 0 spiro atoms. The normalized spacial score (nSPS) is 10.7. The third-order valence-corrected chi connectivity index (χ3v) is 4.90. The van der Waals surface area contributed by atoms with Gasteiger partial charge in [-0.05, 0) is 24.3 Å². The molecule has 0 saturated heterocycles. The molecule has 3 aromatic rings. The highest BCUT2D eigenvalue weighted by Gasteiger charge is 2.19. The SMILES string of the molecule is COc1cccc2sc(C=O)c(COc3c(F)cc(C(N)=O)cc3F)c12. The lowest BCUT2D eigenvalue weighted by molar-refractivity contribution is 0.0998. The molecule has 0 radical (unpaired) electrons. The number of ether oxygens (including phenoxy) is 2. The zero-order valence-corrected chi connectivity index (χ0v) is 14.4. The number of methoxy groups -OCH3 is 1. The maximum absolute atomic E-state index is 14.1. The highest BCUT2D eigenvalue weighted by molar-refractivity contribution is 7.20. The lowest BCUT2D eigenvalue weighted by Crippen LogP contribution is -2.12. The second-order valence-corrected chi connectivity index (χ2v) is 6.40. The van der Waals surface area contributed by atoms with E-state index in [1.165, 1.54) is 18.4 Å². The first-order valence-corrected chi connectivity index (χ1v) is 8.23. The lowest BCUT2D eigenvalue weighted by Gasteiger charge is -2.10. The second kappa shape index (κ2) is 7.09. The summed E-state index contributed by atoms with van der Waals surface area (Å²) in [4.78, 5) is 22.8. The molecule has 134 valence electrons. The van der Waals surface area contributed by atoms with E-state index in [1.54, 1.807) is 12.1 Å². The van der Waals surface area contributed by atoms with Crippen molar-refractivity contribution in [2.75, 3.05) is 7.11 Å². The Kier molecular flexibility index (Phi) is 4.85. The monoisotopic (exact) mass is 377 g/mol. The minimum absolute atomic E-state index is 0.252. The van der Waals surface area contributed by atoms with Gasteiger partial charge in [-0.3, -0.25) is 9.59 Å². The predicted octanol–water partition coefficient (Wildman–Crippen LogP) is 3.68. The molecule has 26 heavy (non-hydrogen) atoms. The van der Waals surface area contributed by atoms with Crippen LogP contribution in [0.4, 0.5) is 8.78 Å². The first-order chi connectivity index (χ1) is 12.5. The van der Waals surface area contributed by atoms with Crippen molar-refractivity contribution >= 4 is 33.6 Å². The third-order valence-electron chi connectivity index (χ3n) is 3.78. The standard InChI is InChI=1S/C18H13F2NO4S/c1-24-13-3-2-4-14-16(13)10(15(7-22)26-14)8-25-17-11(19)5-9(18(21)23)6-12(17)20/h2-7H,8H2,1H3,(H2,21,23). The average Bonchev–Trinajstić information content (AvgIpc) is 2.98. The fourth-order valence-corrected chi connectivity index (χ4v) is 3.63. The molecule has 0 unspecified atom stereocenters. The number of amides is 1. The van der Waals surface area contributed by atoms with Crippen LogP contribution in [0.5, 0.6) is 11.5 Å². The van der Waals surface area contributed by atoms with Gasteiger partial charge < -0.3 is 15.2 Å². The number of rotatable bonds is 6. The summed E-state index contributed by atoms with van der Waals surface area (Å²) in [5.74, 6) is -3.20. The molecule has 1 heterocycles. The van der Waals surface area contributed by atoms with Gasteiger partial charge in [-0.1, -0.05) is 6.07 Å². The van der Waals surface area contributed by atoms with Gasteiger partial charge in [0.25, 0.3) is 0 Å². The van der Waals surface area contributed by atoms with E-state index in [4.69, 9.17) is 15.2 Å². The first-order valence-electron chi connectivity index (χ1n) is 7.41. The number of carbonyl (C=O) groups is 2. The third kappa shape index (κ3) is 3.11. The number of fused-ring (bicyclic) bond motifs is 1. The first kappa shape index (κ1) is 17.8. The molecule has 3 rings (SSSR count). The van der Waals surface area contributed by atoms with Crippen molar-refractivity contribution in [1.29, 1.82) is 0 Å². The van der Waals surface area contributed by atoms with Gasteiger partial charge in [0.1, 0.15) is 12.4 Å². The summed E-state index contributed by atoms with van der Waals surface area (Å²) in [7, 11) is 1.49. The molecule has 0 saturated carbocycles. The van der Waals surface area contributed by atoms with Crippen LogP contribution in [0, 0.1) is 11.6 Å². The van der Waals surface area contributed by atoms with Crippen molar-refractivity contribution in [2.24, 2.45) is 5.73 Å². The molecule has 0 bridgehead atoms. The maximum Gasteiger partial charge on any atom is 0.248 e. The minimum atomic E-state index is -1.06. The highest BCUT2D eigenvalue weighted by atomic mass is 32.1. The Morgan fingerprint density at radius 1 is 1.27 bits per heavy atom. The Balaban J connectivity index is 2.00. The Morgan fingerprint density at radius 2 is 1.96 bits per heavy atom. The van der Waals surface area contributed by atoms with Gasteiger partial charge >= 0.3 is 0 Å². The van der Waals surface area contributed by atoms with Crippen molar-refractivity contribution in [1.82, 2.24) is 0 Å². The second-order valence-electron chi connectivity index (χ2n) is 5.32. The van der Waals surface area contributed by atoms with Crippen LogP contribution in [0.2, 0.25) is 0 Å². The van der Waals surface area contributed by atoms with Gasteiger partial charge in [-0.2, -0.15) is 0 Å². The summed E-state index contributed by atoms with van der Waals surface area (Å²) < 4.78 is 39.5. The number of hydrogen-bond acceptors (Lipinski definition) is 5. The predicted molar refractivity (Wildman–Crippen MR) is 93.0 cm³/mol. The van der Waals surface area contributed by atoms with Gasteiger partial charge in [0.2, 0.25) is 5.91 Å². The fraction of sp³-hybridized carbons (Fsp3) is 0.111. The van der Waals surface area contributed by atoms with Crippen molar-refractivity contribution in [3.63, 3.8) is 0 Å². The van der Waals surface area contributed by atoms with Crippen molar-refractivity contribution in [2.45, 2.75) is 6.61 Å². The number of carbonyl (C=O) groups excluding carboxylic acids is 2. The van der Waals surface area contributed by atoms with E-state index in [0.717, 1.165) is 16.8 Å². The fourth-order valence-electron chi connectivity index (χ4n) is 2.59. The molecule has 0 aliphatic heterocycles. The van der Waals surface area contributed by atoms with Crippen LogP contribution in [0.25, 0.3) is 10.1 Å². The quantitative estimate of drug-likeness (QED) is 0.665. The molecule has 2 aromatic carbocycles. The largest absolute Gasteiger partial charge is 0.496 e. The molecule has 8 heteroatoms. The van der Waals surface area contributed by atoms with Gasteiger partial charge in [0, 0.05) is 21.2 Å². The van der Waals surface area contributed by atoms with Crippen LogP contribution in [-0.4, -0.2) is 19.3 Å². The van der Waals surface area contributed by atoms with Gasteiger partial charge in [-0.25, -0.2) is 8.78 Å². The van der Waals surface area contributed by atoms with Crippen LogP contribution in [0.1, 0.15) is 25.6 Å². The Bertz CT molecular complexity index is 993. The van der Waals surface area contributed by atoms with Crippen molar-refractivity contribution < 1.29 is 27.8 Å². The number of thiophene rings is 1. The average molecular weight is 377 g/mol. The summed E-state index contributed by atoms with van der Waals surface area (Å²) in [6.45, 7) is -0.252. The number of primary amides is 1. The molecule has 0 fully saturated rings. The number of benzene rings is 2. The number of aldehydes is 1. The van der Waals surface area contributed by atoms with E-state index in [1.807, 2.05) is 6.07 Å². The van der Waals surface area contributed by atoms with E-state index in [0.29, 0.717) is 27.9 Å². The molecule has 0 atom stereocenters. The Labute approximate surface area is 150 Å². The van der Waals surface area contributed by atoms with Gasteiger partial charge in [-0.15, -0.1) is 11.3 Å². The smallest absolute Gasteiger partial charge is 0.248 e. The summed E-state index contributed by atoms with van der Waals surface area (Å²) in [6, 6.07) is 6.90. The summed E-state index contributed by atoms with van der Waals surface area (Å²) in [6.07, 6.45) is 0.658. The van der Waals surface area contributed by atoms with Crippen LogP contribution in [0.15, 0.2) is 30.3 Å². The Hall–Kier alpha value is -3.00. The molecular weight excluding hydrogens is 364 g/mol. The van der Waals surface area contributed by atoms with Crippen LogP contribution >= 0.6 is 11.3 Å². The highest BCUT2D eigenvalue weighted by Crippen LogP contribution is 2.37. The molecule has 5 nitrogen and oxygen atoms in total. The molecule has 0 aliphatic carbocycles. The van der Waals surface area contributed by atoms with Crippen LogP contribution < -0.4 is 15.2 Å². The lowest BCUT2D eigenvalue weighted by atomic mass is 10.1. The molecule has 1 amide bonds. The van der Waals surface area contributed by atoms with Crippen molar-refractivity contribution in [3.05, 3.63) is 58.0 Å². The van der Waals surface area contributed by atoms with E-state index in [-0.39, 0.29) is 12.2 Å². The van der Waals surface area contributed by atoms with E-state index in [2.05, 4.69) is 0 Å². The summed E-state index contributed by atoms with van der Waals surface area (Å²) in [5, 5.41) is 0.650. The summed E-state index contributed by atoms with van der Waals surface area (Å²) in [5.41, 5.74) is 5.19. The molecule has 2 N–H and O–H groups in total. The number of hydrogen-bond donors (Lipinski definition) is 1. The number of halogens is 2. The van der Waals surface area contributed by atoms with E-state index >= 15 is 0 Å². The van der Waals surface area contributed by atoms with Crippen molar-refractivity contribution in [3.8, 4) is 11.5 Å². The van der Waals surface area contributed by atoms with Gasteiger partial charge in [0.05, 0.1) is 12.0 Å². The number of nitrogens with two attached hydrogens (primary N) is 1. The molecular formula is C18H13F2NO4S. The summed E-state index contributed by atoms with van der Waals surface area (Å²) >= 11 is 1.23. The minimum Gasteiger partial charge on any atom is -0.496 e. The zero-order valence-electron chi connectivity index (χ0n) is 13.5. The van der Waals surface area contributed by atoms with Gasteiger partial charge in [0.15, 0.2) is 23.7 Å². The Morgan fingerprint density at radius 3 is 2.54 bits per heavy atom. The molecule has 1 aromatic heterocycles. The topological polar surface area (TPSA) is 78.6 Å². The zero-order chi connectivity index (χ0) is 18.8. The molecule has 0 aliphatic rings. The van der Waals surface area contributed by atoms with Crippen LogP contribution in [-0.2, 0) is 6.61 Å².